The third kappa shape index (κ3) is 31.9. The van der Waals surface area contributed by atoms with Gasteiger partial charge in [-0.15, -0.1) is 0 Å². The van der Waals surface area contributed by atoms with Crippen molar-refractivity contribution < 1.29 is 0 Å². The van der Waals surface area contributed by atoms with Crippen LogP contribution in [-0.4, -0.2) is 0 Å². The van der Waals surface area contributed by atoms with E-state index in [-0.39, 0.29) is 0 Å². The van der Waals surface area contributed by atoms with Crippen LogP contribution < -0.4 is 0 Å². The number of fused-ring (bicyclic) bond motifs is 21. The van der Waals surface area contributed by atoms with Gasteiger partial charge in [0.25, 0.3) is 0 Å². The minimum atomic E-state index is 1.10. The maximum Gasteiger partial charge on any atom is -0.00107 e. The van der Waals surface area contributed by atoms with Gasteiger partial charge in [0.1, 0.15) is 0 Å². The molecule has 0 saturated carbocycles. The highest BCUT2D eigenvalue weighted by molar-refractivity contribution is 5.85. The molecule has 0 saturated heterocycles. The fraction of sp³-hybridized carbons (Fsp3) is 0.368. The highest BCUT2D eigenvalue weighted by Gasteiger charge is 2.26. The molecule has 14 aromatic carbocycles. The normalized spacial score (nSPS) is 10.4. The van der Waals surface area contributed by atoms with Gasteiger partial charge in [-0.3, -0.25) is 0 Å². The fourth-order valence-electron chi connectivity index (χ4n) is 17.5. The van der Waals surface area contributed by atoms with Crippen molar-refractivity contribution in [3.63, 3.8) is 0 Å². The molecule has 0 bridgehead atoms. The first kappa shape index (κ1) is 120. The van der Waals surface area contributed by atoms with E-state index in [4.69, 9.17) is 0 Å². The molecule has 7 aliphatic rings. The van der Waals surface area contributed by atoms with Gasteiger partial charge in [-0.2, -0.15) is 0 Å². The van der Waals surface area contributed by atoms with E-state index in [1.54, 1.807) is 0 Å². The third-order valence-corrected chi connectivity index (χ3v) is 22.9. The van der Waals surface area contributed by atoms with Crippen molar-refractivity contribution in [1.82, 2.24) is 0 Å². The van der Waals surface area contributed by atoms with Crippen LogP contribution in [0, 0.1) is 96.9 Å². The molecule has 714 valence electrons. The number of benzene rings is 14. The summed E-state index contributed by atoms with van der Waals surface area (Å²) in [5.41, 5.74) is 60.2. The van der Waals surface area contributed by atoms with Crippen LogP contribution in [0.4, 0.5) is 0 Å². The van der Waals surface area contributed by atoms with Crippen LogP contribution >= 0.6 is 0 Å². The first-order chi connectivity index (χ1) is 64.7. The summed E-state index contributed by atoms with van der Waals surface area (Å²) >= 11 is 0. The Morgan fingerprint density at radius 1 is 0.120 bits per heavy atom. The molecule has 0 nitrogen and oxygen atoms in total. The van der Waals surface area contributed by atoms with Gasteiger partial charge in [0.05, 0.1) is 0 Å². The molecule has 7 aliphatic carbocycles. The van der Waals surface area contributed by atoms with Gasteiger partial charge in [0.2, 0.25) is 0 Å². The summed E-state index contributed by atoms with van der Waals surface area (Å²) in [5.74, 6) is 0. The summed E-state index contributed by atoms with van der Waals surface area (Å²) < 4.78 is 0. The predicted octanol–water partition coefficient (Wildman–Crippen LogP) is 41.5. The van der Waals surface area contributed by atoms with Crippen LogP contribution in [0.3, 0.4) is 0 Å². The van der Waals surface area contributed by atoms with Crippen molar-refractivity contribution in [2.45, 2.75) is 336 Å². The molecule has 0 heteroatoms. The Balaban J connectivity index is 0.000000742. The van der Waals surface area contributed by atoms with Crippen LogP contribution in [0.25, 0.3) is 77.9 Å². The summed E-state index contributed by atoms with van der Waals surface area (Å²) in [6, 6.07) is 94.1. The zero-order chi connectivity index (χ0) is 101. The van der Waals surface area contributed by atoms with Crippen LogP contribution in [0.1, 0.15) is 350 Å². The number of aryl methyl sites for hydroxylation is 14. The summed E-state index contributed by atoms with van der Waals surface area (Å²) in [5, 5.41) is 0. The Kier molecular flexibility index (Phi) is 58.6. The van der Waals surface area contributed by atoms with Gasteiger partial charge in [0, 0.05) is 0 Å². The molecule has 0 unspecified atom stereocenters. The van der Waals surface area contributed by atoms with E-state index in [1.807, 2.05) is 194 Å². The van der Waals surface area contributed by atoms with Crippen molar-refractivity contribution in [3.05, 3.63) is 411 Å². The fourth-order valence-corrected chi connectivity index (χ4v) is 17.5. The maximum atomic E-state index is 2.31. The van der Waals surface area contributed by atoms with E-state index in [1.165, 1.54) is 234 Å². The summed E-state index contributed by atoms with van der Waals surface area (Å²) in [7, 11) is 0. The second kappa shape index (κ2) is 64.8. The van der Waals surface area contributed by atoms with Crippen LogP contribution in [0.15, 0.2) is 255 Å². The molecule has 0 aliphatic heterocycles. The first-order valence-corrected chi connectivity index (χ1v) is 52.1. The lowest BCUT2D eigenvalue weighted by atomic mass is 9.99. The second-order valence-corrected chi connectivity index (χ2v) is 31.2. The SMILES string of the molecule is CC.CC.CC.CC.CC.CC.CC.CC.CC.CC.CC.CC.CC.CC.Cc1ccc2c(c1)-c1c(C)cccc1C2.Cc1ccc2c(c1)-c1cc(C)ccc1C2.Cc1ccc2c(c1)-c1cccc(C)c1C2.Cc1ccc2c(c1)Cc1cc(C)ccc1-2.Cc1ccc2c(c1)Cc1ccc(C)cc1-2.Cc1ccc2c(c1)Cc1cccc(C)c1-2.Cc1cccc2c1Cc1cccc(C)c1-2. The predicted molar refractivity (Wildman–Crippen MR) is 608 cm³/mol. The van der Waals surface area contributed by atoms with Crippen molar-refractivity contribution >= 4 is 0 Å². The van der Waals surface area contributed by atoms with Crippen molar-refractivity contribution in [2.75, 3.05) is 0 Å². The zero-order valence-electron chi connectivity index (χ0n) is 92.2. The average molecular weight is 1780 g/mol. The van der Waals surface area contributed by atoms with E-state index >= 15 is 0 Å². The number of rotatable bonds is 0. The van der Waals surface area contributed by atoms with E-state index in [0.717, 1.165) is 44.9 Å². The molecule has 0 spiro atoms. The van der Waals surface area contributed by atoms with Gasteiger partial charge in [-0.25, -0.2) is 0 Å². The monoisotopic (exact) mass is 1780 g/mol. The minimum absolute atomic E-state index is 1.10. The van der Waals surface area contributed by atoms with Gasteiger partial charge >= 0.3 is 0 Å². The highest BCUT2D eigenvalue weighted by atomic mass is 14.3. The van der Waals surface area contributed by atoms with Crippen molar-refractivity contribution in [3.8, 4) is 77.9 Å². The molecule has 0 fully saturated rings. The van der Waals surface area contributed by atoms with E-state index < -0.39 is 0 Å². The van der Waals surface area contributed by atoms with Crippen LogP contribution in [-0.2, 0) is 44.9 Å². The summed E-state index contributed by atoms with van der Waals surface area (Å²) in [4.78, 5) is 0. The van der Waals surface area contributed by atoms with Gasteiger partial charge < -0.3 is 0 Å². The molecule has 21 rings (SSSR count). The zero-order valence-corrected chi connectivity index (χ0v) is 92.2. The highest BCUT2D eigenvalue weighted by Crippen LogP contribution is 2.45. The topological polar surface area (TPSA) is 0 Å². The molecule has 0 aromatic heterocycles. The minimum Gasteiger partial charge on any atom is -0.0683 e. The molecule has 0 N–H and O–H groups in total. The van der Waals surface area contributed by atoms with Gasteiger partial charge in [0.15, 0.2) is 0 Å². The molecule has 0 atom stereocenters. The number of hydrogen-bond donors (Lipinski definition) is 0. The van der Waals surface area contributed by atoms with E-state index in [0.29, 0.717) is 0 Å². The lowest BCUT2D eigenvalue weighted by Gasteiger charge is -2.05. The molecule has 14 aromatic rings. The molecular formula is C133H182. The Labute approximate surface area is 818 Å². The van der Waals surface area contributed by atoms with E-state index in [9.17, 15) is 0 Å². The van der Waals surface area contributed by atoms with Crippen LogP contribution in [0.5, 0.6) is 0 Å². The molecular weight excluding hydrogens is 1600 g/mol. The largest absolute Gasteiger partial charge is 0.0683 e. The summed E-state index contributed by atoms with van der Waals surface area (Å²) in [6.45, 7) is 86.5. The van der Waals surface area contributed by atoms with Crippen molar-refractivity contribution in [1.29, 1.82) is 0 Å². The van der Waals surface area contributed by atoms with Gasteiger partial charge in [-0.05, 0) is 325 Å². The maximum absolute atomic E-state index is 2.31. The quantitative estimate of drug-likeness (QED) is 0.142. The smallest absolute Gasteiger partial charge is 0.00107 e. The molecule has 133 heavy (non-hydrogen) atoms. The summed E-state index contributed by atoms with van der Waals surface area (Å²) in [6.07, 6.45) is 7.74. The Hall–Kier alpha value is -10.9. The second-order valence-electron chi connectivity index (χ2n) is 31.2. The lowest BCUT2D eigenvalue weighted by Crippen LogP contribution is -1.84. The third-order valence-electron chi connectivity index (χ3n) is 22.9. The average Bonchev–Trinajstić information content (AvgIpc) is 1.63. The number of hydrogen-bond acceptors (Lipinski definition) is 0. The van der Waals surface area contributed by atoms with Gasteiger partial charge in [-0.1, -0.05) is 499 Å². The molecule has 0 amide bonds. The van der Waals surface area contributed by atoms with Crippen LogP contribution in [0.2, 0.25) is 0 Å². The Morgan fingerprint density at radius 2 is 0.308 bits per heavy atom. The Morgan fingerprint density at radius 3 is 0.662 bits per heavy atom. The standard InChI is InChI=1S/7C15H14.14C2H6/c1-10-5-4-8-13-14(10)9-12-7-3-6-11(2)15(12)13;1-10-4-6-14-13(7-10)9-12-5-3-11(2)8-15(12)14;1-10-3-5-14-12(7-10)9-13-8-11(2)4-6-15(13)14;1-10-3-5-12-9-13-6-4-11(2)8-15(13)14(12)7-10;1-10-6-7-12-9-14-11(2)4-3-5-13(14)15(12)8-10;1-10-6-7-12-9-13-5-3-4-11(2)15(13)14(12)8-10;1-10-6-7-14-13(8-10)9-12-5-3-4-11(2)15(12)14;14*1-2/h7*3-8H,9H2,1-2H3;14*1-2H3. The molecule has 0 heterocycles. The van der Waals surface area contributed by atoms with Crippen molar-refractivity contribution in [2.24, 2.45) is 0 Å². The van der Waals surface area contributed by atoms with E-state index in [2.05, 4.69) is 352 Å². The molecule has 0 radical (unpaired) electrons. The first-order valence-electron chi connectivity index (χ1n) is 52.1. The lowest BCUT2D eigenvalue weighted by molar-refractivity contribution is 1.21. The Bertz CT molecular complexity index is 5600.